The lowest BCUT2D eigenvalue weighted by atomic mass is 10.1. The van der Waals surface area contributed by atoms with Gasteiger partial charge in [0.05, 0.1) is 24.8 Å². The van der Waals surface area contributed by atoms with E-state index in [1.165, 1.54) is 18.2 Å². The summed E-state index contributed by atoms with van der Waals surface area (Å²) < 4.78 is 18.5. The maximum absolute atomic E-state index is 13.1. The number of carbonyl (C=O) groups is 1. The van der Waals surface area contributed by atoms with Gasteiger partial charge in [-0.2, -0.15) is 0 Å². The summed E-state index contributed by atoms with van der Waals surface area (Å²) in [6, 6.07) is 12.6. The lowest BCUT2D eigenvalue weighted by Gasteiger charge is -2.13. The van der Waals surface area contributed by atoms with Gasteiger partial charge in [-0.25, -0.2) is 4.39 Å². The SMILES string of the molecule is CCOc1ccccc1NC(=O)CC(O)c1cccc(F)c1. The van der Waals surface area contributed by atoms with E-state index in [-0.39, 0.29) is 12.3 Å². The highest BCUT2D eigenvalue weighted by molar-refractivity contribution is 5.92. The highest BCUT2D eigenvalue weighted by Gasteiger charge is 2.15. The van der Waals surface area contributed by atoms with Crippen molar-refractivity contribution in [2.24, 2.45) is 0 Å². The molecule has 0 aliphatic heterocycles. The van der Waals surface area contributed by atoms with Gasteiger partial charge < -0.3 is 15.2 Å². The van der Waals surface area contributed by atoms with Gasteiger partial charge in [0.15, 0.2) is 0 Å². The molecule has 2 aromatic carbocycles. The molecule has 5 heteroatoms. The number of ether oxygens (including phenoxy) is 1. The van der Waals surface area contributed by atoms with Crippen LogP contribution in [0.15, 0.2) is 48.5 Å². The Balaban J connectivity index is 2.01. The van der Waals surface area contributed by atoms with Crippen molar-refractivity contribution in [3.63, 3.8) is 0 Å². The first kappa shape index (κ1) is 16.0. The van der Waals surface area contributed by atoms with Crippen molar-refractivity contribution >= 4 is 11.6 Å². The Kier molecular flexibility index (Phi) is 5.49. The molecule has 0 heterocycles. The van der Waals surface area contributed by atoms with E-state index in [2.05, 4.69) is 5.32 Å². The Morgan fingerprint density at radius 3 is 2.77 bits per heavy atom. The maximum Gasteiger partial charge on any atom is 0.227 e. The van der Waals surface area contributed by atoms with E-state index in [1.54, 1.807) is 24.3 Å². The smallest absolute Gasteiger partial charge is 0.227 e. The van der Waals surface area contributed by atoms with E-state index in [4.69, 9.17) is 4.74 Å². The third-order valence-corrected chi connectivity index (χ3v) is 3.07. The van der Waals surface area contributed by atoms with E-state index in [1.807, 2.05) is 13.0 Å². The number of hydrogen-bond donors (Lipinski definition) is 2. The molecule has 0 aliphatic carbocycles. The second-order valence-corrected chi connectivity index (χ2v) is 4.75. The first-order valence-electron chi connectivity index (χ1n) is 7.05. The molecule has 116 valence electrons. The average molecular weight is 303 g/mol. The molecule has 0 aromatic heterocycles. The third kappa shape index (κ3) is 4.30. The third-order valence-electron chi connectivity index (χ3n) is 3.07. The lowest BCUT2D eigenvalue weighted by molar-refractivity contribution is -0.118. The number of aliphatic hydroxyl groups excluding tert-OH is 1. The van der Waals surface area contributed by atoms with Crippen molar-refractivity contribution in [3.05, 3.63) is 59.9 Å². The standard InChI is InChI=1S/C17H18FNO3/c1-2-22-16-9-4-3-8-14(16)19-17(21)11-15(20)12-6-5-7-13(18)10-12/h3-10,15,20H,2,11H2,1H3,(H,19,21). The van der Waals surface area contributed by atoms with Crippen LogP contribution < -0.4 is 10.1 Å². The molecular formula is C17H18FNO3. The van der Waals surface area contributed by atoms with Gasteiger partial charge in [-0.3, -0.25) is 4.79 Å². The van der Waals surface area contributed by atoms with Crippen LogP contribution in [-0.4, -0.2) is 17.6 Å². The summed E-state index contributed by atoms with van der Waals surface area (Å²) in [4.78, 5) is 12.0. The number of hydrogen-bond acceptors (Lipinski definition) is 3. The summed E-state index contributed by atoms with van der Waals surface area (Å²) in [5.74, 6) is -0.249. The van der Waals surface area contributed by atoms with Crippen LogP contribution in [0.4, 0.5) is 10.1 Å². The van der Waals surface area contributed by atoms with Crippen molar-refractivity contribution < 1.29 is 19.0 Å². The number of nitrogens with one attached hydrogen (secondary N) is 1. The summed E-state index contributed by atoms with van der Waals surface area (Å²) in [5.41, 5.74) is 0.911. The van der Waals surface area contributed by atoms with Crippen molar-refractivity contribution in [1.82, 2.24) is 0 Å². The van der Waals surface area contributed by atoms with Crippen LogP contribution in [0.1, 0.15) is 25.0 Å². The van der Waals surface area contributed by atoms with E-state index in [9.17, 15) is 14.3 Å². The quantitative estimate of drug-likeness (QED) is 0.861. The largest absolute Gasteiger partial charge is 0.492 e. The van der Waals surface area contributed by atoms with Gasteiger partial charge in [0.1, 0.15) is 11.6 Å². The predicted molar refractivity (Wildman–Crippen MR) is 82.2 cm³/mol. The summed E-state index contributed by atoms with van der Waals surface area (Å²) in [7, 11) is 0. The van der Waals surface area contributed by atoms with Crippen LogP contribution in [0, 0.1) is 5.82 Å². The number of halogens is 1. The number of anilines is 1. The minimum atomic E-state index is -1.06. The second kappa shape index (κ2) is 7.56. The maximum atomic E-state index is 13.1. The number of carbonyl (C=O) groups excluding carboxylic acids is 1. The average Bonchev–Trinajstić information content (AvgIpc) is 2.49. The van der Waals surface area contributed by atoms with E-state index < -0.39 is 11.9 Å². The lowest BCUT2D eigenvalue weighted by Crippen LogP contribution is -2.16. The molecule has 4 nitrogen and oxygen atoms in total. The van der Waals surface area contributed by atoms with Gasteiger partial charge in [0, 0.05) is 0 Å². The first-order valence-corrected chi connectivity index (χ1v) is 7.05. The molecule has 1 atom stereocenters. The zero-order valence-corrected chi connectivity index (χ0v) is 12.3. The molecule has 2 rings (SSSR count). The summed E-state index contributed by atoms with van der Waals surface area (Å²) in [6.07, 6.45) is -1.22. The van der Waals surface area contributed by atoms with E-state index >= 15 is 0 Å². The van der Waals surface area contributed by atoms with Crippen LogP contribution in [0.25, 0.3) is 0 Å². The van der Waals surface area contributed by atoms with E-state index in [0.717, 1.165) is 0 Å². The van der Waals surface area contributed by atoms with Crippen LogP contribution in [0.3, 0.4) is 0 Å². The van der Waals surface area contributed by atoms with Crippen molar-refractivity contribution in [2.45, 2.75) is 19.4 Å². The van der Waals surface area contributed by atoms with Gasteiger partial charge in [-0.1, -0.05) is 24.3 Å². The number of aliphatic hydroxyl groups is 1. The van der Waals surface area contributed by atoms with Crippen LogP contribution in [0.2, 0.25) is 0 Å². The molecular weight excluding hydrogens is 285 g/mol. The molecule has 0 radical (unpaired) electrons. The highest BCUT2D eigenvalue weighted by Crippen LogP contribution is 2.25. The zero-order valence-electron chi connectivity index (χ0n) is 12.3. The molecule has 0 fully saturated rings. The number of amides is 1. The highest BCUT2D eigenvalue weighted by atomic mass is 19.1. The predicted octanol–water partition coefficient (Wildman–Crippen LogP) is 3.29. The number of rotatable bonds is 6. The molecule has 2 aromatic rings. The fourth-order valence-electron chi connectivity index (χ4n) is 2.06. The second-order valence-electron chi connectivity index (χ2n) is 4.75. The Hall–Kier alpha value is -2.40. The molecule has 0 spiro atoms. The summed E-state index contributed by atoms with van der Waals surface area (Å²) in [6.45, 7) is 2.34. The molecule has 22 heavy (non-hydrogen) atoms. The van der Waals surface area contributed by atoms with Crippen molar-refractivity contribution in [2.75, 3.05) is 11.9 Å². The van der Waals surface area contributed by atoms with Crippen LogP contribution in [-0.2, 0) is 4.79 Å². The first-order chi connectivity index (χ1) is 10.6. The normalized spacial score (nSPS) is 11.8. The Morgan fingerprint density at radius 1 is 1.27 bits per heavy atom. The molecule has 1 unspecified atom stereocenters. The fraction of sp³-hybridized carbons (Fsp3) is 0.235. The monoisotopic (exact) mass is 303 g/mol. The minimum Gasteiger partial charge on any atom is -0.492 e. The van der Waals surface area contributed by atoms with Crippen LogP contribution in [0.5, 0.6) is 5.75 Å². The number of benzene rings is 2. The molecule has 0 saturated carbocycles. The van der Waals surface area contributed by atoms with E-state index in [0.29, 0.717) is 23.6 Å². The molecule has 1 amide bonds. The van der Waals surface area contributed by atoms with Crippen LogP contribution >= 0.6 is 0 Å². The molecule has 0 bridgehead atoms. The van der Waals surface area contributed by atoms with Crippen molar-refractivity contribution in [1.29, 1.82) is 0 Å². The molecule has 0 saturated heterocycles. The molecule has 0 aliphatic rings. The Morgan fingerprint density at radius 2 is 2.05 bits per heavy atom. The van der Waals surface area contributed by atoms with Gasteiger partial charge in [-0.05, 0) is 36.8 Å². The van der Waals surface area contributed by atoms with Gasteiger partial charge in [-0.15, -0.1) is 0 Å². The fourth-order valence-corrected chi connectivity index (χ4v) is 2.06. The Bertz CT molecular complexity index is 645. The zero-order chi connectivity index (χ0) is 15.9. The van der Waals surface area contributed by atoms with Gasteiger partial charge in [0.2, 0.25) is 5.91 Å². The summed E-state index contributed by atoms with van der Waals surface area (Å²) >= 11 is 0. The topological polar surface area (TPSA) is 58.6 Å². The Labute approximate surface area is 128 Å². The number of para-hydroxylation sites is 2. The van der Waals surface area contributed by atoms with Gasteiger partial charge >= 0.3 is 0 Å². The van der Waals surface area contributed by atoms with Gasteiger partial charge in [0.25, 0.3) is 0 Å². The minimum absolute atomic E-state index is 0.163. The molecule has 2 N–H and O–H groups in total. The van der Waals surface area contributed by atoms with Crippen molar-refractivity contribution in [3.8, 4) is 5.75 Å². The summed E-state index contributed by atoms with van der Waals surface area (Å²) in [5, 5.41) is 12.7.